The smallest absolute Gasteiger partial charge is 0.303 e. The van der Waals surface area contributed by atoms with Gasteiger partial charge < -0.3 is 10.0 Å². The maximum absolute atomic E-state index is 11.9. The first kappa shape index (κ1) is 24.1. The standard InChI is InChI=1S/C20H31N3O6S/c1-14(2)13-22(17-7-9-21(10-8-17)30(4,28)29)18-6-5-16(12-19(18)23(26)27)15(3)11-20(24)25/h5-6,12,14-15,17H,7-11,13H2,1-4H3,(H,24,25)/t15-/m1/s1. The van der Waals surface area contributed by atoms with Gasteiger partial charge in [0.05, 0.1) is 17.6 Å². The number of carboxylic acid groups (broad SMARTS) is 1. The molecule has 0 spiro atoms. The van der Waals surface area contributed by atoms with Gasteiger partial charge in [-0.3, -0.25) is 14.9 Å². The molecule has 1 aliphatic heterocycles. The van der Waals surface area contributed by atoms with Gasteiger partial charge in [0.25, 0.3) is 5.69 Å². The van der Waals surface area contributed by atoms with E-state index in [-0.39, 0.29) is 30.0 Å². The quantitative estimate of drug-likeness (QED) is 0.462. The third-order valence-corrected chi connectivity index (χ3v) is 6.75. The molecule has 1 fully saturated rings. The molecule has 9 nitrogen and oxygen atoms in total. The van der Waals surface area contributed by atoms with Gasteiger partial charge in [-0.1, -0.05) is 26.8 Å². The summed E-state index contributed by atoms with van der Waals surface area (Å²) in [5.74, 6) is -1.04. The molecule has 1 aromatic rings. The van der Waals surface area contributed by atoms with Crippen LogP contribution in [0, 0.1) is 16.0 Å². The van der Waals surface area contributed by atoms with Gasteiger partial charge in [-0.2, -0.15) is 0 Å². The largest absolute Gasteiger partial charge is 0.481 e. The Balaban J connectivity index is 2.37. The average Bonchev–Trinajstić information content (AvgIpc) is 2.64. The molecule has 1 heterocycles. The molecule has 1 atom stereocenters. The van der Waals surface area contributed by atoms with Crippen molar-refractivity contribution in [3.63, 3.8) is 0 Å². The van der Waals surface area contributed by atoms with Gasteiger partial charge in [-0.25, -0.2) is 12.7 Å². The van der Waals surface area contributed by atoms with E-state index in [1.807, 2.05) is 18.7 Å². The summed E-state index contributed by atoms with van der Waals surface area (Å²) in [5.41, 5.74) is 1.07. The molecule has 168 valence electrons. The average molecular weight is 442 g/mol. The number of aliphatic carboxylic acids is 1. The minimum atomic E-state index is -3.25. The number of nitrogens with zero attached hydrogens (tertiary/aromatic N) is 3. The van der Waals surface area contributed by atoms with Gasteiger partial charge in [0, 0.05) is 31.7 Å². The van der Waals surface area contributed by atoms with Crippen molar-refractivity contribution >= 4 is 27.4 Å². The summed E-state index contributed by atoms with van der Waals surface area (Å²) in [6.07, 6.45) is 2.28. The molecule has 1 aliphatic rings. The second-order valence-corrected chi connectivity index (χ2v) is 10.4. The summed E-state index contributed by atoms with van der Waals surface area (Å²) in [6.45, 7) is 7.19. The third-order valence-electron chi connectivity index (χ3n) is 5.45. The molecule has 10 heteroatoms. The van der Waals surface area contributed by atoms with Gasteiger partial charge in [0.15, 0.2) is 0 Å². The number of rotatable bonds is 9. The van der Waals surface area contributed by atoms with Crippen LogP contribution < -0.4 is 4.90 Å². The zero-order valence-corrected chi connectivity index (χ0v) is 18.8. The summed E-state index contributed by atoms with van der Waals surface area (Å²) < 4.78 is 25.1. The van der Waals surface area contributed by atoms with E-state index in [0.29, 0.717) is 43.7 Å². The van der Waals surface area contributed by atoms with E-state index < -0.39 is 20.9 Å². The Morgan fingerprint density at radius 3 is 2.37 bits per heavy atom. The monoisotopic (exact) mass is 441 g/mol. The fourth-order valence-electron chi connectivity index (χ4n) is 3.94. The number of carbonyl (C=O) groups is 1. The Kier molecular flexibility index (Phi) is 7.81. The van der Waals surface area contributed by atoms with Gasteiger partial charge in [-0.05, 0) is 36.3 Å². The molecule has 1 saturated heterocycles. The van der Waals surface area contributed by atoms with Crippen molar-refractivity contribution in [1.82, 2.24) is 4.31 Å². The fraction of sp³-hybridized carbons (Fsp3) is 0.650. The zero-order chi connectivity index (χ0) is 22.6. The second kappa shape index (κ2) is 9.74. The minimum absolute atomic E-state index is 0.00797. The fourth-order valence-corrected chi connectivity index (χ4v) is 4.81. The summed E-state index contributed by atoms with van der Waals surface area (Å²) >= 11 is 0. The van der Waals surface area contributed by atoms with Crippen LogP contribution in [0.3, 0.4) is 0 Å². The van der Waals surface area contributed by atoms with Gasteiger partial charge in [0.2, 0.25) is 10.0 Å². The molecule has 0 aliphatic carbocycles. The Bertz CT molecular complexity index is 879. The molecule has 0 bridgehead atoms. The highest BCUT2D eigenvalue weighted by atomic mass is 32.2. The predicted octanol–water partition coefficient (Wildman–Crippen LogP) is 3.06. The van der Waals surface area contributed by atoms with Gasteiger partial charge >= 0.3 is 5.97 Å². The number of piperidine rings is 1. The van der Waals surface area contributed by atoms with Crippen LogP contribution in [-0.4, -0.2) is 60.7 Å². The van der Waals surface area contributed by atoms with Gasteiger partial charge in [-0.15, -0.1) is 0 Å². The van der Waals surface area contributed by atoms with Crippen LogP contribution in [-0.2, 0) is 14.8 Å². The molecule has 2 rings (SSSR count). The van der Waals surface area contributed by atoms with E-state index in [1.54, 1.807) is 19.1 Å². The first-order valence-electron chi connectivity index (χ1n) is 10.1. The highest BCUT2D eigenvalue weighted by molar-refractivity contribution is 7.88. The molecular weight excluding hydrogens is 410 g/mol. The Morgan fingerprint density at radius 1 is 1.30 bits per heavy atom. The van der Waals surface area contributed by atoms with Crippen LogP contribution in [0.4, 0.5) is 11.4 Å². The van der Waals surface area contributed by atoms with Crippen LogP contribution in [0.5, 0.6) is 0 Å². The van der Waals surface area contributed by atoms with Crippen molar-refractivity contribution in [3.8, 4) is 0 Å². The Morgan fingerprint density at radius 2 is 1.90 bits per heavy atom. The van der Waals surface area contributed by atoms with Crippen LogP contribution in [0.1, 0.15) is 51.5 Å². The zero-order valence-electron chi connectivity index (χ0n) is 17.9. The molecule has 0 saturated carbocycles. The first-order valence-corrected chi connectivity index (χ1v) is 12.0. The summed E-state index contributed by atoms with van der Waals surface area (Å²) in [7, 11) is -3.25. The van der Waals surface area contributed by atoms with Crippen molar-refractivity contribution < 1.29 is 23.2 Å². The van der Waals surface area contributed by atoms with E-state index in [1.165, 1.54) is 16.6 Å². The Labute approximate surface area is 177 Å². The third kappa shape index (κ3) is 6.15. The van der Waals surface area contributed by atoms with Crippen molar-refractivity contribution in [2.24, 2.45) is 5.92 Å². The highest BCUT2D eigenvalue weighted by Gasteiger charge is 2.32. The van der Waals surface area contributed by atoms with Crippen molar-refractivity contribution in [1.29, 1.82) is 0 Å². The number of nitro benzene ring substituents is 1. The predicted molar refractivity (Wildman–Crippen MR) is 115 cm³/mol. The van der Waals surface area contributed by atoms with E-state index in [4.69, 9.17) is 5.11 Å². The number of hydrogen-bond acceptors (Lipinski definition) is 6. The van der Waals surface area contributed by atoms with Crippen molar-refractivity contribution in [2.75, 3.05) is 30.8 Å². The van der Waals surface area contributed by atoms with E-state index in [0.717, 1.165) is 0 Å². The summed E-state index contributed by atoms with van der Waals surface area (Å²) in [4.78, 5) is 24.5. The van der Waals surface area contributed by atoms with E-state index >= 15 is 0 Å². The lowest BCUT2D eigenvalue weighted by molar-refractivity contribution is -0.384. The molecule has 0 aromatic heterocycles. The molecule has 1 N–H and O–H groups in total. The number of sulfonamides is 1. The summed E-state index contributed by atoms with van der Waals surface area (Å²) in [5, 5.41) is 20.9. The van der Waals surface area contributed by atoms with Crippen LogP contribution >= 0.6 is 0 Å². The molecule has 0 unspecified atom stereocenters. The number of hydrogen-bond donors (Lipinski definition) is 1. The highest BCUT2D eigenvalue weighted by Crippen LogP contribution is 2.36. The molecule has 0 radical (unpaired) electrons. The van der Waals surface area contributed by atoms with Gasteiger partial charge in [0.1, 0.15) is 5.69 Å². The lowest BCUT2D eigenvalue weighted by Gasteiger charge is -2.39. The molecular formula is C20H31N3O6S. The SMILES string of the molecule is CC(C)CN(c1ccc([C@H](C)CC(=O)O)cc1[N+](=O)[O-])C1CCN(S(C)(=O)=O)CC1. The molecule has 30 heavy (non-hydrogen) atoms. The summed E-state index contributed by atoms with van der Waals surface area (Å²) in [6, 6.07) is 4.93. The Hall–Kier alpha value is -2.20. The van der Waals surface area contributed by atoms with Crippen molar-refractivity contribution in [3.05, 3.63) is 33.9 Å². The number of nitro groups is 1. The number of anilines is 1. The lowest BCUT2D eigenvalue weighted by atomic mass is 9.95. The second-order valence-electron chi connectivity index (χ2n) is 8.44. The molecule has 1 aromatic carbocycles. The van der Waals surface area contributed by atoms with E-state index in [9.17, 15) is 23.3 Å². The van der Waals surface area contributed by atoms with E-state index in [2.05, 4.69) is 0 Å². The number of carboxylic acids is 1. The minimum Gasteiger partial charge on any atom is -0.481 e. The topological polar surface area (TPSA) is 121 Å². The number of benzene rings is 1. The van der Waals surface area contributed by atoms with Crippen LogP contribution in [0.15, 0.2) is 18.2 Å². The maximum Gasteiger partial charge on any atom is 0.303 e. The van der Waals surface area contributed by atoms with Crippen LogP contribution in [0.2, 0.25) is 0 Å². The maximum atomic E-state index is 11.9. The first-order chi connectivity index (χ1) is 13.9. The lowest BCUT2D eigenvalue weighted by Crippen LogP contribution is -2.47. The van der Waals surface area contributed by atoms with Crippen LogP contribution in [0.25, 0.3) is 0 Å². The molecule has 0 amide bonds. The normalized spacial score (nSPS) is 17.1. The van der Waals surface area contributed by atoms with Crippen molar-refractivity contribution in [2.45, 2.75) is 52.0 Å².